The fourth-order valence-corrected chi connectivity index (χ4v) is 2.30. The van der Waals surface area contributed by atoms with E-state index in [9.17, 15) is 9.90 Å². The van der Waals surface area contributed by atoms with E-state index in [1.165, 1.54) is 0 Å². The van der Waals surface area contributed by atoms with E-state index >= 15 is 0 Å². The molecular formula is C16H14N2O2. The van der Waals surface area contributed by atoms with Crippen molar-refractivity contribution >= 4 is 10.9 Å². The van der Waals surface area contributed by atoms with Gasteiger partial charge in [-0.05, 0) is 49.2 Å². The third-order valence-corrected chi connectivity index (χ3v) is 3.43. The van der Waals surface area contributed by atoms with E-state index in [4.69, 9.17) is 0 Å². The lowest BCUT2D eigenvalue weighted by Gasteiger charge is -2.08. The second-order valence-corrected chi connectivity index (χ2v) is 4.89. The van der Waals surface area contributed by atoms with Gasteiger partial charge in [-0.2, -0.15) is 0 Å². The third kappa shape index (κ3) is 1.95. The summed E-state index contributed by atoms with van der Waals surface area (Å²) in [5.41, 5.74) is 3.49. The number of benzene rings is 1. The lowest BCUT2D eigenvalue weighted by Crippen LogP contribution is -2.08. The summed E-state index contributed by atoms with van der Waals surface area (Å²) < 4.78 is 0. The van der Waals surface area contributed by atoms with Crippen LogP contribution in [0.2, 0.25) is 0 Å². The van der Waals surface area contributed by atoms with Crippen molar-refractivity contribution in [1.29, 1.82) is 0 Å². The molecular weight excluding hydrogens is 252 g/mol. The lowest BCUT2D eigenvalue weighted by molar-refractivity contribution is 0.472. The Morgan fingerprint density at radius 1 is 1.15 bits per heavy atom. The van der Waals surface area contributed by atoms with Gasteiger partial charge in [-0.25, -0.2) is 4.98 Å². The van der Waals surface area contributed by atoms with Gasteiger partial charge in [0.15, 0.2) is 0 Å². The van der Waals surface area contributed by atoms with Crippen LogP contribution in [0.15, 0.2) is 41.3 Å². The first-order chi connectivity index (χ1) is 9.56. The molecule has 0 bridgehead atoms. The van der Waals surface area contributed by atoms with Gasteiger partial charge in [-0.3, -0.25) is 4.79 Å². The monoisotopic (exact) mass is 266 g/mol. The summed E-state index contributed by atoms with van der Waals surface area (Å²) in [6, 6.07) is 8.94. The Balaban J connectivity index is 2.32. The fraction of sp³-hybridized carbons (Fsp3) is 0.125. The number of phenolic OH excluding ortho intramolecular Hbond substituents is 1. The SMILES string of the molecule is Cc1cc2c(C)cc(-c3ccc[nH]c3=O)nc2cc1O. The Bertz CT molecular complexity index is 866. The summed E-state index contributed by atoms with van der Waals surface area (Å²) in [5, 5.41) is 10.8. The number of rotatable bonds is 1. The molecule has 2 heterocycles. The van der Waals surface area contributed by atoms with Crippen LogP contribution in [0.5, 0.6) is 5.75 Å². The Labute approximate surface area is 115 Å². The minimum atomic E-state index is -0.171. The highest BCUT2D eigenvalue weighted by atomic mass is 16.3. The van der Waals surface area contributed by atoms with Gasteiger partial charge < -0.3 is 10.1 Å². The maximum atomic E-state index is 11.8. The van der Waals surface area contributed by atoms with E-state index in [2.05, 4.69) is 9.97 Å². The van der Waals surface area contributed by atoms with E-state index in [0.717, 1.165) is 16.5 Å². The molecule has 2 N–H and O–H groups in total. The first-order valence-electron chi connectivity index (χ1n) is 6.35. The number of aromatic hydroxyl groups is 1. The molecule has 0 fully saturated rings. The predicted octanol–water partition coefficient (Wildman–Crippen LogP) is 2.91. The van der Waals surface area contributed by atoms with Crippen molar-refractivity contribution < 1.29 is 5.11 Å². The van der Waals surface area contributed by atoms with Crippen LogP contribution < -0.4 is 5.56 Å². The number of fused-ring (bicyclic) bond motifs is 1. The molecule has 0 unspecified atom stereocenters. The highest BCUT2D eigenvalue weighted by Crippen LogP contribution is 2.27. The summed E-state index contributed by atoms with van der Waals surface area (Å²) in [6.07, 6.45) is 1.59. The van der Waals surface area contributed by atoms with Crippen molar-refractivity contribution in [2.75, 3.05) is 0 Å². The lowest BCUT2D eigenvalue weighted by atomic mass is 10.0. The molecule has 0 amide bonds. The molecule has 20 heavy (non-hydrogen) atoms. The molecule has 0 saturated carbocycles. The maximum absolute atomic E-state index is 11.8. The van der Waals surface area contributed by atoms with E-state index in [-0.39, 0.29) is 11.3 Å². The van der Waals surface area contributed by atoms with E-state index in [1.54, 1.807) is 24.4 Å². The smallest absolute Gasteiger partial charge is 0.257 e. The largest absolute Gasteiger partial charge is 0.508 e. The number of nitrogens with one attached hydrogen (secondary N) is 1. The van der Waals surface area contributed by atoms with Crippen LogP contribution in [0.4, 0.5) is 0 Å². The van der Waals surface area contributed by atoms with Crippen LogP contribution in [0, 0.1) is 13.8 Å². The molecule has 0 atom stereocenters. The highest BCUT2D eigenvalue weighted by Gasteiger charge is 2.09. The van der Waals surface area contributed by atoms with Gasteiger partial charge in [-0.15, -0.1) is 0 Å². The predicted molar refractivity (Wildman–Crippen MR) is 78.9 cm³/mol. The second-order valence-electron chi connectivity index (χ2n) is 4.89. The van der Waals surface area contributed by atoms with Crippen LogP contribution >= 0.6 is 0 Å². The van der Waals surface area contributed by atoms with Gasteiger partial charge in [0.05, 0.1) is 16.8 Å². The van der Waals surface area contributed by atoms with Crippen LogP contribution in [0.1, 0.15) is 11.1 Å². The summed E-state index contributed by atoms with van der Waals surface area (Å²) in [6.45, 7) is 3.82. The van der Waals surface area contributed by atoms with E-state index in [1.807, 2.05) is 26.0 Å². The van der Waals surface area contributed by atoms with Gasteiger partial charge in [0.2, 0.25) is 0 Å². The minimum Gasteiger partial charge on any atom is -0.508 e. The van der Waals surface area contributed by atoms with Gasteiger partial charge in [-0.1, -0.05) is 0 Å². The Morgan fingerprint density at radius 3 is 2.70 bits per heavy atom. The molecule has 0 aliphatic rings. The fourth-order valence-electron chi connectivity index (χ4n) is 2.30. The molecule has 3 rings (SSSR count). The molecule has 2 aromatic heterocycles. The molecule has 0 radical (unpaired) electrons. The first kappa shape index (κ1) is 12.4. The minimum absolute atomic E-state index is 0.171. The number of aryl methyl sites for hydroxylation is 2. The highest BCUT2D eigenvalue weighted by molar-refractivity contribution is 5.86. The van der Waals surface area contributed by atoms with E-state index in [0.29, 0.717) is 16.8 Å². The Hall–Kier alpha value is -2.62. The van der Waals surface area contributed by atoms with Crippen LogP contribution in [-0.2, 0) is 0 Å². The van der Waals surface area contributed by atoms with Gasteiger partial charge >= 0.3 is 0 Å². The van der Waals surface area contributed by atoms with Crippen LogP contribution in [0.25, 0.3) is 22.2 Å². The van der Waals surface area contributed by atoms with Gasteiger partial charge in [0.25, 0.3) is 5.56 Å². The number of hydrogen-bond acceptors (Lipinski definition) is 3. The van der Waals surface area contributed by atoms with Crippen molar-refractivity contribution in [1.82, 2.24) is 9.97 Å². The topological polar surface area (TPSA) is 66.0 Å². The van der Waals surface area contributed by atoms with Crippen molar-refractivity contribution in [3.05, 3.63) is 58.0 Å². The van der Waals surface area contributed by atoms with Gasteiger partial charge in [0, 0.05) is 17.6 Å². The summed E-state index contributed by atoms with van der Waals surface area (Å²) in [5.74, 6) is 0.212. The van der Waals surface area contributed by atoms with Crippen LogP contribution in [-0.4, -0.2) is 15.1 Å². The number of hydrogen-bond donors (Lipinski definition) is 2. The molecule has 0 aliphatic carbocycles. The summed E-state index contributed by atoms with van der Waals surface area (Å²) in [4.78, 5) is 19.0. The van der Waals surface area contributed by atoms with E-state index < -0.39 is 0 Å². The molecule has 0 saturated heterocycles. The first-order valence-corrected chi connectivity index (χ1v) is 6.35. The number of nitrogens with zero attached hydrogens (tertiary/aromatic N) is 1. The number of phenols is 1. The van der Waals surface area contributed by atoms with Gasteiger partial charge in [0.1, 0.15) is 5.75 Å². The zero-order valence-corrected chi connectivity index (χ0v) is 11.3. The van der Waals surface area contributed by atoms with Crippen molar-refractivity contribution in [3.63, 3.8) is 0 Å². The average Bonchev–Trinajstić information content (AvgIpc) is 2.41. The summed E-state index contributed by atoms with van der Waals surface area (Å²) >= 11 is 0. The second kappa shape index (κ2) is 4.49. The number of pyridine rings is 2. The third-order valence-electron chi connectivity index (χ3n) is 3.43. The number of aromatic nitrogens is 2. The normalized spacial score (nSPS) is 10.9. The maximum Gasteiger partial charge on any atom is 0.257 e. The Morgan fingerprint density at radius 2 is 1.95 bits per heavy atom. The number of aromatic amines is 1. The zero-order valence-electron chi connectivity index (χ0n) is 11.3. The molecule has 0 spiro atoms. The Kier molecular flexibility index (Phi) is 2.79. The van der Waals surface area contributed by atoms with Crippen LogP contribution in [0.3, 0.4) is 0 Å². The molecule has 1 aromatic carbocycles. The molecule has 4 nitrogen and oxygen atoms in total. The van der Waals surface area contributed by atoms with Crippen molar-refractivity contribution in [2.45, 2.75) is 13.8 Å². The molecule has 4 heteroatoms. The molecule has 100 valence electrons. The zero-order chi connectivity index (χ0) is 14.3. The average molecular weight is 266 g/mol. The standard InChI is InChI=1S/C16H14N2O2/c1-9-7-13(11-4-3-5-17-16(11)20)18-14-8-15(19)10(2)6-12(9)14/h3-8,19H,1-2H3,(H,17,20). The summed E-state index contributed by atoms with van der Waals surface area (Å²) in [7, 11) is 0. The molecule has 0 aliphatic heterocycles. The quantitative estimate of drug-likeness (QED) is 0.711. The number of H-pyrrole nitrogens is 1. The van der Waals surface area contributed by atoms with Crippen molar-refractivity contribution in [3.8, 4) is 17.0 Å². The van der Waals surface area contributed by atoms with Crippen molar-refractivity contribution in [2.24, 2.45) is 0 Å². The molecule has 3 aromatic rings.